The highest BCUT2D eigenvalue weighted by molar-refractivity contribution is 5.84. The number of morpholine rings is 1. The zero-order valence-corrected chi connectivity index (χ0v) is 13.4. The Morgan fingerprint density at radius 1 is 1.50 bits per heavy atom. The number of nitrogens with zero attached hydrogens (tertiary/aromatic N) is 1. The zero-order valence-electron chi connectivity index (χ0n) is 13.4. The van der Waals surface area contributed by atoms with E-state index in [1.165, 1.54) is 0 Å². The first-order valence-electron chi connectivity index (χ1n) is 7.74. The Balaban J connectivity index is 2.32. The number of primary amides is 1. The maximum atomic E-state index is 11.6. The lowest BCUT2D eigenvalue weighted by Gasteiger charge is -2.34. The van der Waals surface area contributed by atoms with Gasteiger partial charge < -0.3 is 15.8 Å². The number of amides is 1. The molecular weight excluding hydrogens is 254 g/mol. The molecule has 1 rings (SSSR count). The summed E-state index contributed by atoms with van der Waals surface area (Å²) < 4.78 is 5.43. The SMILES string of the molecule is CC(C)NC(C)(CCCCN1CCOCC1C)C(N)=O. The quantitative estimate of drug-likeness (QED) is 0.656. The second-order valence-electron chi connectivity index (χ2n) is 6.41. The Morgan fingerprint density at radius 3 is 2.75 bits per heavy atom. The third-order valence-corrected chi connectivity index (χ3v) is 4.03. The van der Waals surface area contributed by atoms with Gasteiger partial charge in [-0.25, -0.2) is 0 Å². The first-order chi connectivity index (χ1) is 9.35. The van der Waals surface area contributed by atoms with Crippen LogP contribution < -0.4 is 11.1 Å². The van der Waals surface area contributed by atoms with Crippen molar-refractivity contribution in [2.24, 2.45) is 5.73 Å². The summed E-state index contributed by atoms with van der Waals surface area (Å²) >= 11 is 0. The largest absolute Gasteiger partial charge is 0.379 e. The number of unbranched alkanes of at least 4 members (excludes halogenated alkanes) is 1. The lowest BCUT2D eigenvalue weighted by atomic mass is 9.93. The molecule has 118 valence electrons. The van der Waals surface area contributed by atoms with Crippen LogP contribution in [-0.4, -0.2) is 54.7 Å². The van der Waals surface area contributed by atoms with Crippen molar-refractivity contribution in [2.45, 2.75) is 64.6 Å². The van der Waals surface area contributed by atoms with Crippen molar-refractivity contribution in [1.29, 1.82) is 0 Å². The highest BCUT2D eigenvalue weighted by Gasteiger charge is 2.30. The van der Waals surface area contributed by atoms with Gasteiger partial charge in [0.15, 0.2) is 0 Å². The van der Waals surface area contributed by atoms with Crippen molar-refractivity contribution in [2.75, 3.05) is 26.3 Å². The molecular formula is C15H31N3O2. The number of nitrogens with one attached hydrogen (secondary N) is 1. The van der Waals surface area contributed by atoms with Crippen LogP contribution in [0.4, 0.5) is 0 Å². The van der Waals surface area contributed by atoms with Gasteiger partial charge in [0.2, 0.25) is 5.91 Å². The number of carbonyl (C=O) groups is 1. The fraction of sp³-hybridized carbons (Fsp3) is 0.933. The average Bonchev–Trinajstić information content (AvgIpc) is 2.35. The van der Waals surface area contributed by atoms with Crippen LogP contribution in [0.3, 0.4) is 0 Å². The molecule has 2 unspecified atom stereocenters. The molecule has 20 heavy (non-hydrogen) atoms. The predicted molar refractivity (Wildman–Crippen MR) is 81.6 cm³/mol. The van der Waals surface area contributed by atoms with Crippen molar-refractivity contribution in [3.8, 4) is 0 Å². The maximum Gasteiger partial charge on any atom is 0.237 e. The van der Waals surface area contributed by atoms with E-state index >= 15 is 0 Å². The zero-order chi connectivity index (χ0) is 15.2. The van der Waals surface area contributed by atoms with Gasteiger partial charge in [-0.3, -0.25) is 9.69 Å². The van der Waals surface area contributed by atoms with Gasteiger partial charge in [0, 0.05) is 18.6 Å². The molecule has 0 radical (unpaired) electrons. The Kier molecular flexibility index (Phi) is 6.92. The summed E-state index contributed by atoms with van der Waals surface area (Å²) in [6.07, 6.45) is 2.88. The number of nitrogens with two attached hydrogens (primary N) is 1. The Hall–Kier alpha value is -0.650. The van der Waals surface area contributed by atoms with Crippen molar-refractivity contribution < 1.29 is 9.53 Å². The van der Waals surface area contributed by atoms with Gasteiger partial charge in [0.1, 0.15) is 0 Å². The first-order valence-corrected chi connectivity index (χ1v) is 7.74. The average molecular weight is 285 g/mol. The molecule has 0 aromatic heterocycles. The van der Waals surface area contributed by atoms with Crippen LogP contribution in [0.1, 0.15) is 47.0 Å². The van der Waals surface area contributed by atoms with Gasteiger partial charge in [-0.05, 0) is 53.5 Å². The van der Waals surface area contributed by atoms with Crippen LogP contribution >= 0.6 is 0 Å². The molecule has 0 aromatic rings. The minimum Gasteiger partial charge on any atom is -0.379 e. The van der Waals surface area contributed by atoms with Crippen LogP contribution in [0.25, 0.3) is 0 Å². The summed E-state index contributed by atoms with van der Waals surface area (Å²) in [5.41, 5.74) is 4.95. The van der Waals surface area contributed by atoms with Crippen LogP contribution in [0.5, 0.6) is 0 Å². The summed E-state index contributed by atoms with van der Waals surface area (Å²) in [5.74, 6) is -0.258. The minimum absolute atomic E-state index is 0.256. The molecule has 0 saturated carbocycles. The third kappa shape index (κ3) is 5.38. The Morgan fingerprint density at radius 2 is 2.20 bits per heavy atom. The van der Waals surface area contributed by atoms with Crippen LogP contribution in [0.15, 0.2) is 0 Å². The van der Waals surface area contributed by atoms with Crippen molar-refractivity contribution in [1.82, 2.24) is 10.2 Å². The highest BCUT2D eigenvalue weighted by atomic mass is 16.5. The third-order valence-electron chi connectivity index (χ3n) is 4.03. The van der Waals surface area contributed by atoms with Crippen LogP contribution in [0, 0.1) is 0 Å². The van der Waals surface area contributed by atoms with E-state index in [-0.39, 0.29) is 11.9 Å². The van der Waals surface area contributed by atoms with Crippen molar-refractivity contribution in [3.63, 3.8) is 0 Å². The van der Waals surface area contributed by atoms with Crippen molar-refractivity contribution in [3.05, 3.63) is 0 Å². The standard InChI is InChI=1S/C15H31N3O2/c1-12(2)17-15(4,14(16)19)7-5-6-8-18-9-10-20-11-13(18)3/h12-13,17H,5-11H2,1-4H3,(H2,16,19). The van der Waals surface area contributed by atoms with E-state index < -0.39 is 5.54 Å². The first kappa shape index (κ1) is 17.4. The lowest BCUT2D eigenvalue weighted by molar-refractivity contribution is -0.124. The van der Waals surface area contributed by atoms with Gasteiger partial charge in [-0.15, -0.1) is 0 Å². The summed E-state index contributed by atoms with van der Waals surface area (Å²) in [5, 5.41) is 3.29. The van der Waals surface area contributed by atoms with Crippen LogP contribution in [-0.2, 0) is 9.53 Å². The molecule has 1 fully saturated rings. The van der Waals surface area contributed by atoms with Gasteiger partial charge >= 0.3 is 0 Å². The monoisotopic (exact) mass is 285 g/mol. The van der Waals surface area contributed by atoms with E-state index in [1.807, 2.05) is 20.8 Å². The summed E-state index contributed by atoms with van der Waals surface area (Å²) in [4.78, 5) is 14.1. The topological polar surface area (TPSA) is 67.6 Å². The highest BCUT2D eigenvalue weighted by Crippen LogP contribution is 2.16. The molecule has 1 heterocycles. The van der Waals surface area contributed by atoms with Gasteiger partial charge in [-0.2, -0.15) is 0 Å². The molecule has 0 aliphatic carbocycles. The molecule has 3 N–H and O–H groups in total. The normalized spacial score (nSPS) is 23.8. The smallest absolute Gasteiger partial charge is 0.237 e. The van der Waals surface area contributed by atoms with E-state index in [9.17, 15) is 4.79 Å². The molecule has 1 amide bonds. The molecule has 5 nitrogen and oxygen atoms in total. The molecule has 1 aliphatic rings. The summed E-state index contributed by atoms with van der Waals surface area (Å²) in [6.45, 7) is 11.9. The minimum atomic E-state index is -0.592. The van der Waals surface area contributed by atoms with E-state index in [0.717, 1.165) is 45.6 Å². The van der Waals surface area contributed by atoms with Gasteiger partial charge in [0.05, 0.1) is 18.8 Å². The molecule has 0 bridgehead atoms. The second kappa shape index (κ2) is 7.96. The summed E-state index contributed by atoms with van der Waals surface area (Å²) in [7, 11) is 0. The molecule has 5 heteroatoms. The lowest BCUT2D eigenvalue weighted by Crippen LogP contribution is -2.55. The van der Waals surface area contributed by atoms with E-state index in [0.29, 0.717) is 6.04 Å². The second-order valence-corrected chi connectivity index (χ2v) is 6.41. The van der Waals surface area contributed by atoms with Gasteiger partial charge in [-0.1, -0.05) is 0 Å². The van der Waals surface area contributed by atoms with Gasteiger partial charge in [0.25, 0.3) is 0 Å². The number of hydrogen-bond donors (Lipinski definition) is 2. The fourth-order valence-corrected chi connectivity index (χ4v) is 2.79. The van der Waals surface area contributed by atoms with Crippen molar-refractivity contribution >= 4 is 5.91 Å². The summed E-state index contributed by atoms with van der Waals surface area (Å²) in [6, 6.07) is 0.756. The maximum absolute atomic E-state index is 11.6. The van der Waals surface area contributed by atoms with E-state index in [2.05, 4.69) is 17.1 Å². The molecule has 1 aliphatic heterocycles. The number of ether oxygens (including phenoxy) is 1. The Bertz CT molecular complexity index is 309. The fourth-order valence-electron chi connectivity index (χ4n) is 2.79. The molecule has 2 atom stereocenters. The Labute approximate surface area is 123 Å². The molecule has 1 saturated heterocycles. The molecule has 0 spiro atoms. The number of rotatable bonds is 8. The van der Waals surface area contributed by atoms with E-state index in [1.54, 1.807) is 0 Å². The number of hydrogen-bond acceptors (Lipinski definition) is 4. The number of carbonyl (C=O) groups excluding carboxylic acids is 1. The van der Waals surface area contributed by atoms with E-state index in [4.69, 9.17) is 10.5 Å². The molecule has 0 aromatic carbocycles. The predicted octanol–water partition coefficient (Wildman–Crippen LogP) is 1.12. The van der Waals surface area contributed by atoms with Crippen LogP contribution in [0.2, 0.25) is 0 Å².